The Morgan fingerprint density at radius 2 is 1.95 bits per heavy atom. The van der Waals surface area contributed by atoms with Gasteiger partial charge in [0.1, 0.15) is 30.1 Å². The molecule has 0 aromatic heterocycles. The molecule has 0 unspecified atom stereocenters. The Labute approximate surface area is 220 Å². The SMILES string of the molecule is CC(C)(C)OC(=O)N1[C@@H]2CC[C@@H](C2)[C@H]1C(=O)N[C@H](C#N)Cc1ccc(-c2ccc3c(c2)COC3=O)cc1F. The smallest absolute Gasteiger partial charge is 0.411 e. The summed E-state index contributed by atoms with van der Waals surface area (Å²) in [6.07, 6.45) is 1.84. The lowest BCUT2D eigenvalue weighted by Gasteiger charge is -2.35. The zero-order valence-corrected chi connectivity index (χ0v) is 21.6. The fourth-order valence-electron chi connectivity index (χ4n) is 5.71. The predicted octanol–water partition coefficient (Wildman–Crippen LogP) is 4.50. The molecule has 2 bridgehead atoms. The van der Waals surface area contributed by atoms with E-state index in [-0.39, 0.29) is 36.5 Å². The van der Waals surface area contributed by atoms with Crippen molar-refractivity contribution in [3.63, 3.8) is 0 Å². The van der Waals surface area contributed by atoms with Crippen molar-refractivity contribution in [2.45, 2.75) is 76.8 Å². The minimum atomic E-state index is -0.967. The van der Waals surface area contributed by atoms with E-state index in [0.717, 1.165) is 30.4 Å². The lowest BCUT2D eigenvalue weighted by molar-refractivity contribution is -0.128. The number of esters is 1. The molecule has 2 amide bonds. The summed E-state index contributed by atoms with van der Waals surface area (Å²) in [5.41, 5.74) is 2.24. The van der Waals surface area contributed by atoms with E-state index in [2.05, 4.69) is 11.4 Å². The van der Waals surface area contributed by atoms with Crippen LogP contribution in [0.3, 0.4) is 0 Å². The number of nitrogens with one attached hydrogen (secondary N) is 1. The average Bonchev–Trinajstić information content (AvgIpc) is 3.58. The lowest BCUT2D eigenvalue weighted by Crippen LogP contribution is -2.55. The first-order chi connectivity index (χ1) is 18.0. The van der Waals surface area contributed by atoms with Gasteiger partial charge in [-0.05, 0) is 80.8 Å². The molecule has 8 nitrogen and oxygen atoms in total. The predicted molar refractivity (Wildman–Crippen MR) is 135 cm³/mol. The van der Waals surface area contributed by atoms with Gasteiger partial charge in [-0.3, -0.25) is 9.69 Å². The molecule has 2 heterocycles. The number of carbonyl (C=O) groups excluding carboxylic acids is 3. The number of hydrogen-bond donors (Lipinski definition) is 1. The first kappa shape index (κ1) is 25.7. The van der Waals surface area contributed by atoms with Gasteiger partial charge in [0.15, 0.2) is 0 Å². The summed E-state index contributed by atoms with van der Waals surface area (Å²) in [5, 5.41) is 12.5. The van der Waals surface area contributed by atoms with Gasteiger partial charge in [-0.25, -0.2) is 14.0 Å². The van der Waals surface area contributed by atoms with Gasteiger partial charge in [0.05, 0.1) is 11.6 Å². The zero-order chi connectivity index (χ0) is 27.2. The number of rotatable bonds is 5. The summed E-state index contributed by atoms with van der Waals surface area (Å²) in [6, 6.07) is 10.3. The minimum Gasteiger partial charge on any atom is -0.457 e. The first-order valence-corrected chi connectivity index (χ1v) is 12.8. The molecule has 2 fully saturated rings. The van der Waals surface area contributed by atoms with Gasteiger partial charge in [0.2, 0.25) is 5.91 Å². The fraction of sp³-hybridized carbons (Fsp3) is 0.448. The van der Waals surface area contributed by atoms with Crippen LogP contribution in [0.2, 0.25) is 0 Å². The molecule has 0 radical (unpaired) electrons. The van der Waals surface area contributed by atoms with Gasteiger partial charge in [0, 0.05) is 18.0 Å². The molecule has 2 aliphatic heterocycles. The molecule has 2 aromatic carbocycles. The molecule has 0 spiro atoms. The van der Waals surface area contributed by atoms with Crippen LogP contribution in [0.4, 0.5) is 9.18 Å². The van der Waals surface area contributed by atoms with Gasteiger partial charge in [-0.15, -0.1) is 0 Å². The van der Waals surface area contributed by atoms with Gasteiger partial charge in [-0.2, -0.15) is 5.26 Å². The Kier molecular flexibility index (Phi) is 6.59. The highest BCUT2D eigenvalue weighted by Gasteiger charge is 2.52. The molecular formula is C29H30FN3O5. The molecule has 2 aromatic rings. The second-order valence-corrected chi connectivity index (χ2v) is 11.2. The topological polar surface area (TPSA) is 109 Å². The van der Waals surface area contributed by atoms with Crippen molar-refractivity contribution in [2.75, 3.05) is 0 Å². The van der Waals surface area contributed by atoms with Crippen LogP contribution in [0.5, 0.6) is 0 Å². The molecule has 38 heavy (non-hydrogen) atoms. The van der Waals surface area contributed by atoms with Gasteiger partial charge in [0.25, 0.3) is 0 Å². The lowest BCUT2D eigenvalue weighted by atomic mass is 9.96. The van der Waals surface area contributed by atoms with Crippen LogP contribution in [0.15, 0.2) is 36.4 Å². The standard InChI is InChI=1S/C29H30FN3O5/c1-29(2,3)38-28(36)33-22-8-6-19(12-22)25(33)26(34)32-21(14-31)11-18-5-4-17(13-24(18)30)16-7-9-23-20(10-16)15-37-27(23)35/h4-5,7,9-10,13,19,21-22,25H,6,8,11-12,15H2,1-3H3,(H,32,34)/t19-,21-,22+,25-/m0/s1. The third kappa shape index (κ3) is 4.95. The van der Waals surface area contributed by atoms with Crippen LogP contribution in [0.1, 0.15) is 61.5 Å². The molecule has 9 heteroatoms. The van der Waals surface area contributed by atoms with Crippen LogP contribution in [-0.4, -0.2) is 46.6 Å². The Balaban J connectivity index is 1.28. The number of nitrogens with zero attached hydrogens (tertiary/aromatic N) is 2. The summed E-state index contributed by atoms with van der Waals surface area (Å²) in [5.74, 6) is -1.27. The molecule has 198 valence electrons. The van der Waals surface area contributed by atoms with Crippen LogP contribution in [0.25, 0.3) is 11.1 Å². The van der Waals surface area contributed by atoms with E-state index >= 15 is 4.39 Å². The highest BCUT2D eigenvalue weighted by molar-refractivity contribution is 5.94. The second-order valence-electron chi connectivity index (χ2n) is 11.2. The van der Waals surface area contributed by atoms with Crippen LogP contribution >= 0.6 is 0 Å². The monoisotopic (exact) mass is 519 g/mol. The highest BCUT2D eigenvalue weighted by atomic mass is 19.1. The van der Waals surface area contributed by atoms with Crippen molar-refractivity contribution in [3.05, 3.63) is 58.9 Å². The van der Waals surface area contributed by atoms with Gasteiger partial charge >= 0.3 is 12.1 Å². The van der Waals surface area contributed by atoms with E-state index in [4.69, 9.17) is 9.47 Å². The molecule has 4 atom stereocenters. The number of ether oxygens (including phenoxy) is 2. The van der Waals surface area contributed by atoms with Crippen LogP contribution in [-0.2, 0) is 27.3 Å². The molecule has 1 saturated carbocycles. The maximum Gasteiger partial charge on any atom is 0.411 e. The highest BCUT2D eigenvalue weighted by Crippen LogP contribution is 2.43. The Morgan fingerprint density at radius 3 is 2.66 bits per heavy atom. The maximum absolute atomic E-state index is 15.1. The Bertz CT molecular complexity index is 1340. The third-order valence-corrected chi connectivity index (χ3v) is 7.42. The molecule has 1 saturated heterocycles. The van der Waals surface area contributed by atoms with E-state index in [1.165, 1.54) is 11.0 Å². The number of cyclic esters (lactones) is 1. The third-order valence-electron chi connectivity index (χ3n) is 7.42. The minimum absolute atomic E-state index is 0.0101. The number of halogens is 1. The summed E-state index contributed by atoms with van der Waals surface area (Å²) in [6.45, 7) is 5.53. The maximum atomic E-state index is 15.1. The van der Waals surface area contributed by atoms with E-state index < -0.39 is 35.5 Å². The number of carbonyl (C=O) groups is 3. The van der Waals surface area contributed by atoms with Crippen molar-refractivity contribution < 1.29 is 28.2 Å². The zero-order valence-electron chi connectivity index (χ0n) is 21.6. The Hall–Kier alpha value is -3.93. The number of fused-ring (bicyclic) bond motifs is 3. The van der Waals surface area contributed by atoms with Gasteiger partial charge in [-0.1, -0.05) is 18.2 Å². The van der Waals surface area contributed by atoms with Gasteiger partial charge < -0.3 is 14.8 Å². The molecule has 5 rings (SSSR count). The van der Waals surface area contributed by atoms with Crippen LogP contribution in [0, 0.1) is 23.1 Å². The van der Waals surface area contributed by atoms with Crippen LogP contribution < -0.4 is 5.32 Å². The van der Waals surface area contributed by atoms with E-state index in [1.807, 2.05) is 0 Å². The average molecular weight is 520 g/mol. The largest absolute Gasteiger partial charge is 0.457 e. The van der Waals surface area contributed by atoms with Crippen molar-refractivity contribution in [3.8, 4) is 17.2 Å². The fourth-order valence-corrected chi connectivity index (χ4v) is 5.71. The molecular weight excluding hydrogens is 489 g/mol. The summed E-state index contributed by atoms with van der Waals surface area (Å²) in [7, 11) is 0. The van der Waals surface area contributed by atoms with E-state index in [0.29, 0.717) is 11.1 Å². The summed E-state index contributed by atoms with van der Waals surface area (Å²) < 4.78 is 25.7. The number of amides is 2. The van der Waals surface area contributed by atoms with Crippen molar-refractivity contribution in [2.24, 2.45) is 5.92 Å². The first-order valence-electron chi connectivity index (χ1n) is 12.8. The quantitative estimate of drug-likeness (QED) is 0.583. The number of likely N-dealkylation sites (tertiary alicyclic amines) is 1. The Morgan fingerprint density at radius 1 is 1.21 bits per heavy atom. The molecule has 1 N–H and O–H groups in total. The van der Waals surface area contributed by atoms with Crippen molar-refractivity contribution in [1.82, 2.24) is 10.2 Å². The summed E-state index contributed by atoms with van der Waals surface area (Å²) in [4.78, 5) is 39.3. The molecule has 3 aliphatic rings. The van der Waals surface area contributed by atoms with E-state index in [9.17, 15) is 19.6 Å². The van der Waals surface area contributed by atoms with E-state index in [1.54, 1.807) is 51.1 Å². The van der Waals surface area contributed by atoms with Crippen molar-refractivity contribution in [1.29, 1.82) is 5.26 Å². The number of hydrogen-bond acceptors (Lipinski definition) is 6. The molecule has 1 aliphatic carbocycles. The number of piperidine rings is 1. The summed E-state index contributed by atoms with van der Waals surface area (Å²) >= 11 is 0. The number of benzene rings is 2. The van der Waals surface area contributed by atoms with Crippen molar-refractivity contribution >= 4 is 18.0 Å². The normalized spacial score (nSPS) is 22.4. The second kappa shape index (κ2) is 9.75. The number of nitriles is 1.